The van der Waals surface area contributed by atoms with Gasteiger partial charge in [-0.15, -0.1) is 0 Å². The summed E-state index contributed by atoms with van der Waals surface area (Å²) in [5.41, 5.74) is 8.84. The van der Waals surface area contributed by atoms with Crippen molar-refractivity contribution in [3.05, 3.63) is 35.4 Å². The second-order valence-electron chi connectivity index (χ2n) is 4.66. The highest BCUT2D eigenvalue weighted by atomic mass is 15.0. The predicted octanol–water partition coefficient (Wildman–Crippen LogP) is 1.79. The van der Waals surface area contributed by atoms with Crippen LogP contribution in [0.15, 0.2) is 24.3 Å². The van der Waals surface area contributed by atoms with Crippen LogP contribution in [0.1, 0.15) is 30.4 Å². The number of nitrogens with two attached hydrogens (primary N) is 1. The van der Waals surface area contributed by atoms with E-state index >= 15 is 0 Å². The van der Waals surface area contributed by atoms with Crippen LogP contribution in [-0.2, 0) is 0 Å². The van der Waals surface area contributed by atoms with Crippen molar-refractivity contribution in [1.29, 1.82) is 0 Å². The van der Waals surface area contributed by atoms with Crippen LogP contribution in [0.4, 0.5) is 0 Å². The number of rotatable bonds is 1. The maximum Gasteiger partial charge on any atom is 0.0171 e. The Morgan fingerprint density at radius 2 is 2.07 bits per heavy atom. The number of benzene rings is 1. The highest BCUT2D eigenvalue weighted by molar-refractivity contribution is 5.31. The molecule has 0 bridgehead atoms. The van der Waals surface area contributed by atoms with E-state index in [-0.39, 0.29) is 0 Å². The molecule has 3 atom stereocenters. The SMILES string of the molecule is Cc1ccccc1C1CC(N)CNC1C. The standard InChI is InChI=1S/C13H20N2/c1-9-5-3-4-6-12(9)13-7-11(14)8-15-10(13)2/h3-6,10-11,13,15H,7-8,14H2,1-2H3. The second kappa shape index (κ2) is 4.33. The first-order valence-corrected chi connectivity index (χ1v) is 5.73. The van der Waals surface area contributed by atoms with Crippen molar-refractivity contribution in [2.75, 3.05) is 6.54 Å². The zero-order valence-electron chi connectivity index (χ0n) is 9.53. The van der Waals surface area contributed by atoms with Crippen LogP contribution >= 0.6 is 0 Å². The third-order valence-electron chi connectivity index (χ3n) is 3.45. The molecule has 1 aliphatic heterocycles. The van der Waals surface area contributed by atoms with Crippen molar-refractivity contribution in [3.8, 4) is 0 Å². The van der Waals surface area contributed by atoms with Crippen LogP contribution in [0, 0.1) is 6.92 Å². The summed E-state index contributed by atoms with van der Waals surface area (Å²) >= 11 is 0. The Bertz CT molecular complexity index is 335. The van der Waals surface area contributed by atoms with Crippen molar-refractivity contribution < 1.29 is 0 Å². The Kier molecular flexibility index (Phi) is 3.08. The third-order valence-corrected chi connectivity index (χ3v) is 3.45. The Hall–Kier alpha value is -0.860. The van der Waals surface area contributed by atoms with Gasteiger partial charge in [0.05, 0.1) is 0 Å². The van der Waals surface area contributed by atoms with Crippen LogP contribution in [0.25, 0.3) is 0 Å². The summed E-state index contributed by atoms with van der Waals surface area (Å²) in [7, 11) is 0. The van der Waals surface area contributed by atoms with E-state index in [9.17, 15) is 0 Å². The second-order valence-corrected chi connectivity index (χ2v) is 4.66. The quantitative estimate of drug-likeness (QED) is 0.732. The zero-order chi connectivity index (χ0) is 10.8. The molecule has 2 heteroatoms. The fraction of sp³-hybridized carbons (Fsp3) is 0.538. The molecule has 0 aromatic heterocycles. The first-order chi connectivity index (χ1) is 7.18. The molecule has 3 unspecified atom stereocenters. The predicted molar refractivity (Wildman–Crippen MR) is 64.0 cm³/mol. The van der Waals surface area contributed by atoms with E-state index in [0.29, 0.717) is 18.0 Å². The number of piperidine rings is 1. The summed E-state index contributed by atoms with van der Waals surface area (Å²) in [5.74, 6) is 0.565. The summed E-state index contributed by atoms with van der Waals surface area (Å²) in [6.07, 6.45) is 1.10. The van der Waals surface area contributed by atoms with Crippen molar-refractivity contribution in [1.82, 2.24) is 5.32 Å². The Balaban J connectivity index is 2.25. The smallest absolute Gasteiger partial charge is 0.0171 e. The lowest BCUT2D eigenvalue weighted by molar-refractivity contribution is 0.337. The summed E-state index contributed by atoms with van der Waals surface area (Å²) in [6.45, 7) is 5.38. The molecule has 0 saturated carbocycles. The van der Waals surface area contributed by atoms with Crippen molar-refractivity contribution >= 4 is 0 Å². The molecule has 3 N–H and O–H groups in total. The van der Waals surface area contributed by atoms with Gasteiger partial charge in [0, 0.05) is 24.5 Å². The minimum Gasteiger partial charge on any atom is -0.327 e. The maximum atomic E-state index is 6.01. The van der Waals surface area contributed by atoms with Crippen LogP contribution in [0.2, 0.25) is 0 Å². The molecule has 1 heterocycles. The van der Waals surface area contributed by atoms with E-state index in [4.69, 9.17) is 5.73 Å². The molecule has 1 saturated heterocycles. The lowest BCUT2D eigenvalue weighted by atomic mass is 9.82. The molecular formula is C13H20N2. The fourth-order valence-corrected chi connectivity index (χ4v) is 2.49. The van der Waals surface area contributed by atoms with Gasteiger partial charge in [-0.05, 0) is 31.4 Å². The minimum atomic E-state index is 0.297. The van der Waals surface area contributed by atoms with Gasteiger partial charge in [-0.2, -0.15) is 0 Å². The van der Waals surface area contributed by atoms with Gasteiger partial charge in [0.2, 0.25) is 0 Å². The highest BCUT2D eigenvalue weighted by Crippen LogP contribution is 2.29. The molecular weight excluding hydrogens is 184 g/mol. The van der Waals surface area contributed by atoms with Gasteiger partial charge in [-0.3, -0.25) is 0 Å². The Labute approximate surface area is 91.9 Å². The van der Waals surface area contributed by atoms with E-state index in [1.165, 1.54) is 11.1 Å². The number of hydrogen-bond acceptors (Lipinski definition) is 2. The first kappa shape index (κ1) is 10.7. The molecule has 0 amide bonds. The lowest BCUT2D eigenvalue weighted by Crippen LogP contribution is -2.48. The maximum absolute atomic E-state index is 6.01. The van der Waals surface area contributed by atoms with E-state index in [2.05, 4.69) is 43.4 Å². The topological polar surface area (TPSA) is 38.0 Å². The van der Waals surface area contributed by atoms with Crippen molar-refractivity contribution in [2.45, 2.75) is 38.3 Å². The van der Waals surface area contributed by atoms with E-state index in [1.807, 2.05) is 0 Å². The molecule has 1 fully saturated rings. The van der Waals surface area contributed by atoms with Gasteiger partial charge in [-0.1, -0.05) is 24.3 Å². The highest BCUT2D eigenvalue weighted by Gasteiger charge is 2.27. The minimum absolute atomic E-state index is 0.297. The molecule has 0 aliphatic carbocycles. The van der Waals surface area contributed by atoms with Crippen LogP contribution in [0.5, 0.6) is 0 Å². The number of hydrogen-bond donors (Lipinski definition) is 2. The molecule has 0 spiro atoms. The molecule has 2 nitrogen and oxygen atoms in total. The lowest BCUT2D eigenvalue weighted by Gasteiger charge is -2.34. The molecule has 15 heavy (non-hydrogen) atoms. The van der Waals surface area contributed by atoms with Crippen molar-refractivity contribution in [2.24, 2.45) is 5.73 Å². The fourth-order valence-electron chi connectivity index (χ4n) is 2.49. The molecule has 0 radical (unpaired) electrons. The summed E-state index contributed by atoms with van der Waals surface area (Å²) in [4.78, 5) is 0. The Morgan fingerprint density at radius 3 is 2.80 bits per heavy atom. The van der Waals surface area contributed by atoms with Crippen LogP contribution < -0.4 is 11.1 Å². The van der Waals surface area contributed by atoms with Gasteiger partial charge in [-0.25, -0.2) is 0 Å². The van der Waals surface area contributed by atoms with Crippen molar-refractivity contribution in [3.63, 3.8) is 0 Å². The Morgan fingerprint density at radius 1 is 1.33 bits per heavy atom. The summed E-state index contributed by atoms with van der Waals surface area (Å²) < 4.78 is 0. The number of nitrogens with one attached hydrogen (secondary N) is 1. The normalized spacial score (nSPS) is 31.5. The number of aryl methyl sites for hydroxylation is 1. The summed E-state index contributed by atoms with van der Waals surface area (Å²) in [6, 6.07) is 9.46. The third kappa shape index (κ3) is 2.21. The van der Waals surface area contributed by atoms with E-state index in [1.54, 1.807) is 0 Å². The first-order valence-electron chi connectivity index (χ1n) is 5.73. The van der Waals surface area contributed by atoms with Gasteiger partial charge in [0.1, 0.15) is 0 Å². The largest absolute Gasteiger partial charge is 0.327 e. The van der Waals surface area contributed by atoms with Gasteiger partial charge >= 0.3 is 0 Å². The molecule has 1 aromatic carbocycles. The van der Waals surface area contributed by atoms with Crippen LogP contribution in [-0.4, -0.2) is 18.6 Å². The van der Waals surface area contributed by atoms with Gasteiger partial charge in [0.25, 0.3) is 0 Å². The molecule has 2 rings (SSSR count). The van der Waals surface area contributed by atoms with Gasteiger partial charge < -0.3 is 11.1 Å². The summed E-state index contributed by atoms with van der Waals surface area (Å²) in [5, 5.41) is 3.48. The average molecular weight is 204 g/mol. The molecule has 1 aliphatic rings. The van der Waals surface area contributed by atoms with Gasteiger partial charge in [0.15, 0.2) is 0 Å². The zero-order valence-corrected chi connectivity index (χ0v) is 9.53. The monoisotopic (exact) mass is 204 g/mol. The van der Waals surface area contributed by atoms with E-state index in [0.717, 1.165) is 13.0 Å². The van der Waals surface area contributed by atoms with E-state index < -0.39 is 0 Å². The molecule has 82 valence electrons. The average Bonchev–Trinajstić information content (AvgIpc) is 2.23. The molecule has 1 aromatic rings. The van der Waals surface area contributed by atoms with Crippen LogP contribution in [0.3, 0.4) is 0 Å².